The van der Waals surface area contributed by atoms with Crippen molar-refractivity contribution in [3.8, 4) is 5.75 Å². The molecule has 120 valence electrons. The molecule has 0 atom stereocenters. The SMILES string of the molecule is CCCCCCCCCC(=O)c1ccc([O][Al])c2ncccc12. The fourth-order valence-corrected chi connectivity index (χ4v) is 3.05. The predicted molar refractivity (Wildman–Crippen MR) is 95.1 cm³/mol. The van der Waals surface area contributed by atoms with Crippen molar-refractivity contribution in [3.05, 3.63) is 36.0 Å². The van der Waals surface area contributed by atoms with Crippen LogP contribution in [0.5, 0.6) is 5.75 Å². The van der Waals surface area contributed by atoms with E-state index in [0.29, 0.717) is 12.2 Å². The summed E-state index contributed by atoms with van der Waals surface area (Å²) in [7, 11) is 0. The molecule has 1 heterocycles. The minimum Gasteiger partial charge on any atom is -0.652 e. The lowest BCUT2D eigenvalue weighted by Crippen LogP contribution is -2.01. The Hall–Kier alpha value is -1.37. The lowest BCUT2D eigenvalue weighted by atomic mass is 9.99. The van der Waals surface area contributed by atoms with Crippen molar-refractivity contribution >= 4 is 33.3 Å². The maximum absolute atomic E-state index is 12.5. The van der Waals surface area contributed by atoms with Crippen LogP contribution in [-0.2, 0) is 0 Å². The zero-order chi connectivity index (χ0) is 16.5. The number of nitrogens with zero attached hydrogens (tertiary/aromatic N) is 1. The summed E-state index contributed by atoms with van der Waals surface area (Å²) >= 11 is 2.23. The molecule has 2 aromatic rings. The Morgan fingerprint density at radius 2 is 1.83 bits per heavy atom. The number of carbonyl (C=O) groups excluding carboxylic acids is 1. The van der Waals surface area contributed by atoms with Gasteiger partial charge in [0.15, 0.2) is 5.78 Å². The van der Waals surface area contributed by atoms with Gasteiger partial charge in [-0.2, -0.15) is 0 Å². The lowest BCUT2D eigenvalue weighted by Gasteiger charge is -2.10. The molecule has 0 fully saturated rings. The first-order chi connectivity index (χ1) is 11.3. The Balaban J connectivity index is 1.94. The van der Waals surface area contributed by atoms with E-state index in [9.17, 15) is 4.79 Å². The molecular formula is C19H24AlNO2. The van der Waals surface area contributed by atoms with Crippen molar-refractivity contribution in [1.82, 2.24) is 4.98 Å². The molecule has 4 heteroatoms. The fourth-order valence-electron chi connectivity index (χ4n) is 2.86. The first-order valence-corrected chi connectivity index (χ1v) is 9.02. The number of hydrogen-bond acceptors (Lipinski definition) is 3. The summed E-state index contributed by atoms with van der Waals surface area (Å²) in [6, 6.07) is 7.47. The summed E-state index contributed by atoms with van der Waals surface area (Å²) in [5.41, 5.74) is 1.50. The van der Waals surface area contributed by atoms with Crippen LogP contribution in [0.3, 0.4) is 0 Å². The second kappa shape index (κ2) is 9.70. The van der Waals surface area contributed by atoms with Gasteiger partial charge in [-0.05, 0) is 24.6 Å². The van der Waals surface area contributed by atoms with Crippen LogP contribution in [0, 0.1) is 0 Å². The Morgan fingerprint density at radius 3 is 2.57 bits per heavy atom. The first-order valence-electron chi connectivity index (χ1n) is 8.55. The molecule has 0 unspecified atom stereocenters. The standard InChI is InChI=1S/C19H25NO2.Al/c1-2-3-4-5-6-7-8-11-17(21)15-12-13-18(22)19-16(15)10-9-14-20-19;/h9-10,12-14,22H,2-8,11H2,1H3;/q;+1/p-1. The van der Waals surface area contributed by atoms with Crippen LogP contribution in [-0.4, -0.2) is 27.4 Å². The van der Waals surface area contributed by atoms with Crippen LogP contribution in [0.1, 0.15) is 68.6 Å². The van der Waals surface area contributed by atoms with Crippen LogP contribution in [0.15, 0.2) is 30.5 Å². The smallest absolute Gasteiger partial charge is 0.482 e. The van der Waals surface area contributed by atoms with Crippen molar-refractivity contribution in [3.63, 3.8) is 0 Å². The Kier molecular flexibility index (Phi) is 7.58. The number of unbranched alkanes of at least 4 members (excludes halogenated alkanes) is 6. The number of rotatable bonds is 10. The third-order valence-corrected chi connectivity index (χ3v) is 4.42. The van der Waals surface area contributed by atoms with Gasteiger partial charge in [0, 0.05) is 23.6 Å². The van der Waals surface area contributed by atoms with Gasteiger partial charge in [-0.15, -0.1) is 0 Å². The van der Waals surface area contributed by atoms with E-state index < -0.39 is 0 Å². The molecule has 1 aromatic carbocycles. The number of hydrogen-bond donors (Lipinski definition) is 0. The van der Waals surface area contributed by atoms with Gasteiger partial charge in [-0.1, -0.05) is 51.5 Å². The monoisotopic (exact) mass is 325 g/mol. The van der Waals surface area contributed by atoms with Crippen LogP contribution >= 0.6 is 0 Å². The van der Waals surface area contributed by atoms with Crippen LogP contribution in [0.4, 0.5) is 0 Å². The highest BCUT2D eigenvalue weighted by Crippen LogP contribution is 2.27. The molecule has 0 saturated carbocycles. The Morgan fingerprint density at radius 1 is 1.09 bits per heavy atom. The average molecular weight is 325 g/mol. The zero-order valence-electron chi connectivity index (χ0n) is 13.9. The number of benzene rings is 1. The summed E-state index contributed by atoms with van der Waals surface area (Å²) in [4.78, 5) is 16.9. The first kappa shape index (κ1) is 18.0. The Labute approximate surface area is 147 Å². The Bertz CT molecular complexity index is 642. The van der Waals surface area contributed by atoms with E-state index in [4.69, 9.17) is 3.79 Å². The van der Waals surface area contributed by atoms with Crippen molar-refractivity contribution in [2.24, 2.45) is 0 Å². The van der Waals surface area contributed by atoms with Gasteiger partial charge >= 0.3 is 16.6 Å². The lowest BCUT2D eigenvalue weighted by molar-refractivity contribution is 0.0980. The molecule has 0 spiro atoms. The quantitative estimate of drug-likeness (QED) is 0.350. The summed E-state index contributed by atoms with van der Waals surface area (Å²) in [6.07, 6.45) is 10.9. The van der Waals surface area contributed by atoms with E-state index in [1.54, 1.807) is 6.20 Å². The molecule has 0 aliphatic rings. The molecule has 1 aromatic heterocycles. The van der Waals surface area contributed by atoms with Gasteiger partial charge in [0.05, 0.1) is 0 Å². The van der Waals surface area contributed by atoms with Gasteiger partial charge in [0.1, 0.15) is 11.3 Å². The van der Waals surface area contributed by atoms with E-state index in [1.165, 1.54) is 32.1 Å². The number of aromatic nitrogens is 1. The van der Waals surface area contributed by atoms with Crippen LogP contribution in [0.2, 0.25) is 0 Å². The molecule has 0 N–H and O–H groups in total. The predicted octanol–water partition coefficient (Wildman–Crippen LogP) is 5.02. The van der Waals surface area contributed by atoms with E-state index in [2.05, 4.69) is 28.5 Å². The van der Waals surface area contributed by atoms with Gasteiger partial charge in [-0.25, -0.2) is 0 Å². The third kappa shape index (κ3) is 5.06. The largest absolute Gasteiger partial charge is 0.652 e. The number of fused-ring (bicyclic) bond motifs is 1. The van der Waals surface area contributed by atoms with Gasteiger partial charge in [0.2, 0.25) is 0 Å². The highest BCUT2D eigenvalue weighted by Gasteiger charge is 2.12. The van der Waals surface area contributed by atoms with Gasteiger partial charge in [0.25, 0.3) is 0 Å². The summed E-state index contributed by atoms with van der Waals surface area (Å²) in [5.74, 6) is 0.880. The van der Waals surface area contributed by atoms with Gasteiger partial charge in [-0.3, -0.25) is 9.78 Å². The maximum atomic E-state index is 12.5. The highest BCUT2D eigenvalue weighted by atomic mass is 27.1. The molecule has 0 amide bonds. The molecule has 0 aliphatic carbocycles. The highest BCUT2D eigenvalue weighted by molar-refractivity contribution is 6.09. The van der Waals surface area contributed by atoms with Crippen LogP contribution in [0.25, 0.3) is 10.9 Å². The molecule has 0 saturated heterocycles. The van der Waals surface area contributed by atoms with Crippen LogP contribution < -0.4 is 3.79 Å². The molecule has 0 bridgehead atoms. The van der Waals surface area contributed by atoms with E-state index in [0.717, 1.165) is 29.3 Å². The molecular weight excluding hydrogens is 301 g/mol. The molecule has 23 heavy (non-hydrogen) atoms. The molecule has 0 aliphatic heterocycles. The van der Waals surface area contributed by atoms with Crippen molar-refractivity contribution in [2.75, 3.05) is 0 Å². The second-order valence-electron chi connectivity index (χ2n) is 5.92. The average Bonchev–Trinajstić information content (AvgIpc) is 2.59. The number of Topliss-reactive ketones (excluding diaryl/α,β-unsaturated/α-hetero) is 1. The maximum Gasteiger partial charge on any atom is 0.482 e. The normalized spacial score (nSPS) is 10.8. The summed E-state index contributed by atoms with van der Waals surface area (Å²) < 4.78 is 5.25. The molecule has 2 radical (unpaired) electrons. The summed E-state index contributed by atoms with van der Waals surface area (Å²) in [6.45, 7) is 2.23. The summed E-state index contributed by atoms with van der Waals surface area (Å²) in [5, 5.41) is 0.875. The van der Waals surface area contributed by atoms with Crippen molar-refractivity contribution in [1.29, 1.82) is 0 Å². The van der Waals surface area contributed by atoms with Crippen molar-refractivity contribution in [2.45, 2.75) is 58.3 Å². The second-order valence-corrected chi connectivity index (χ2v) is 6.16. The van der Waals surface area contributed by atoms with E-state index in [1.807, 2.05) is 24.3 Å². The third-order valence-electron chi connectivity index (χ3n) is 4.17. The number of carbonyl (C=O) groups is 1. The molecule has 2 rings (SSSR count). The molecule has 3 nitrogen and oxygen atoms in total. The van der Waals surface area contributed by atoms with Crippen molar-refractivity contribution < 1.29 is 8.58 Å². The number of ketones is 1. The fraction of sp³-hybridized carbons (Fsp3) is 0.474. The number of pyridine rings is 1. The zero-order valence-corrected chi connectivity index (χ0v) is 15.0. The topological polar surface area (TPSA) is 39.2 Å². The minimum absolute atomic E-state index is 0.201. The van der Waals surface area contributed by atoms with E-state index in [-0.39, 0.29) is 5.78 Å². The van der Waals surface area contributed by atoms with Gasteiger partial charge < -0.3 is 3.79 Å². The minimum atomic E-state index is 0.201. The van der Waals surface area contributed by atoms with E-state index >= 15 is 0 Å².